The van der Waals surface area contributed by atoms with Gasteiger partial charge in [0.05, 0.1) is 79.8 Å². The molecule has 0 atom stereocenters. The number of rotatable bonds is 14. The summed E-state index contributed by atoms with van der Waals surface area (Å²) in [5, 5.41) is 36.7. The summed E-state index contributed by atoms with van der Waals surface area (Å²) in [6, 6.07) is 17.3. The number of fused-ring (bicyclic) bond motifs is 3. The number of nitrogens with zero attached hydrogens (tertiary/aromatic N) is 8. The summed E-state index contributed by atoms with van der Waals surface area (Å²) in [7, 11) is 0. The number of ether oxygens (including phenoxy) is 2. The van der Waals surface area contributed by atoms with Crippen molar-refractivity contribution in [1.29, 1.82) is 0 Å². The van der Waals surface area contributed by atoms with Crippen molar-refractivity contribution in [2.24, 2.45) is 17.8 Å². The van der Waals surface area contributed by atoms with Crippen molar-refractivity contribution in [3.63, 3.8) is 0 Å². The maximum atomic E-state index is 13.7. The number of piperidine rings is 3. The van der Waals surface area contributed by atoms with Crippen molar-refractivity contribution in [1.82, 2.24) is 34.7 Å². The molecule has 3 aromatic carbocycles. The molecule has 3 aliphatic heterocycles. The molecular formula is C74H90Cl3IK2LiN9O13. The number of hydrogen-bond acceptors (Lipinski definition) is 18. The van der Waals surface area contributed by atoms with Gasteiger partial charge in [-0.25, -0.2) is 0 Å². The molecule has 540 valence electrons. The number of hydrogen-bond donors (Lipinski definition) is 2. The van der Waals surface area contributed by atoms with Gasteiger partial charge < -0.3 is 46.7 Å². The van der Waals surface area contributed by atoms with E-state index < -0.39 is 5.97 Å². The summed E-state index contributed by atoms with van der Waals surface area (Å²) in [5.74, 6) is 1.80. The van der Waals surface area contributed by atoms with E-state index in [2.05, 4.69) is 47.7 Å². The van der Waals surface area contributed by atoms with Gasteiger partial charge in [0.25, 0.3) is 24.2 Å². The number of aliphatic carboxylic acids is 1. The Morgan fingerprint density at radius 2 is 0.854 bits per heavy atom. The predicted octanol–water partition coefficient (Wildman–Crippen LogP) is 3.56. The van der Waals surface area contributed by atoms with Crippen molar-refractivity contribution in [3.8, 4) is 0 Å². The zero-order valence-electron chi connectivity index (χ0n) is 60.8. The van der Waals surface area contributed by atoms with Gasteiger partial charge in [0.2, 0.25) is 0 Å². The first-order valence-electron chi connectivity index (χ1n) is 35.5. The van der Waals surface area contributed by atoms with Gasteiger partial charge in [-0.1, -0.05) is 71.2 Å². The van der Waals surface area contributed by atoms with E-state index in [1.54, 1.807) is 26.2 Å². The van der Waals surface area contributed by atoms with Crippen LogP contribution in [0, 0.1) is 21.5 Å². The van der Waals surface area contributed by atoms with E-state index in [1.807, 2.05) is 56.3 Å². The molecule has 9 aliphatic rings. The molecule has 6 fully saturated rings. The van der Waals surface area contributed by atoms with Crippen molar-refractivity contribution in [3.05, 3.63) is 141 Å². The van der Waals surface area contributed by atoms with Crippen LogP contribution in [-0.4, -0.2) is 135 Å². The van der Waals surface area contributed by atoms with Crippen molar-refractivity contribution < 1.29 is 187 Å². The molecule has 3 saturated carbocycles. The molecule has 15 rings (SSSR count). The normalized spacial score (nSPS) is 17.6. The number of anilines is 2. The van der Waals surface area contributed by atoms with Gasteiger partial charge in [-0.3, -0.25) is 33.6 Å². The molecule has 3 saturated heterocycles. The third-order valence-corrected chi connectivity index (χ3v) is 22.2. The Balaban J connectivity index is 0.000000220. The van der Waals surface area contributed by atoms with Crippen LogP contribution < -0.4 is 142 Å². The number of carbonyl (C=O) groups is 7. The molecule has 6 aromatic rings. The zero-order chi connectivity index (χ0) is 69.9. The maximum absolute atomic E-state index is 13.7. The maximum Gasteiger partial charge on any atom is 1.00 e. The van der Waals surface area contributed by atoms with Gasteiger partial charge in [0.1, 0.15) is 3.70 Å². The molecule has 6 heterocycles. The van der Waals surface area contributed by atoms with Crippen LogP contribution in [0.4, 0.5) is 11.6 Å². The average molecular weight is 1630 g/mol. The van der Waals surface area contributed by atoms with E-state index in [0.717, 1.165) is 216 Å². The van der Waals surface area contributed by atoms with Gasteiger partial charge in [-0.15, -0.1) is 10.2 Å². The molecule has 0 amide bonds. The second-order valence-electron chi connectivity index (χ2n) is 27.0. The molecule has 22 nitrogen and oxygen atoms in total. The summed E-state index contributed by atoms with van der Waals surface area (Å²) in [6.45, 7) is 9.15. The largest absolute Gasteiger partial charge is 1.00 e. The van der Waals surface area contributed by atoms with E-state index in [4.69, 9.17) is 64.5 Å². The molecule has 0 bridgehead atoms. The third kappa shape index (κ3) is 21.6. The Hall–Kier alpha value is -2.87. The molecular weight excluding hydrogens is 1540 g/mol. The van der Waals surface area contributed by atoms with Crippen molar-refractivity contribution in [2.45, 2.75) is 186 Å². The molecule has 0 radical (unpaired) electrons. The van der Waals surface area contributed by atoms with E-state index >= 15 is 0 Å². The number of esters is 2. The molecule has 103 heavy (non-hydrogen) atoms. The zero-order valence-corrected chi connectivity index (χ0v) is 70.5. The topological polar surface area (TPSA) is 292 Å². The Kier molecular flexibility index (Phi) is 35.4. The van der Waals surface area contributed by atoms with Gasteiger partial charge in [0.15, 0.2) is 11.6 Å². The standard InChI is InChI=1S/C25H30ClN3O3.C23H26ClN3O3.C17H16ClIN2O.C8H15NO2.CH2O3.2K.Li.H2O.H/c1-2-32-25(31)17-12-14-28(15-13-17)23-19-6-3-4-9-21(19)29(27-23)24(30)22-18(16-10-11-16)7-5-8-20(22)26;24-18-6-3-5-16(14-8-9-14)20(18)22(28)27-19-7-2-1-4-17(19)21(25-27)26-12-10-15(11-13-26)23(29)30;18-13-6-3-5-11(10-8-9-10)15(13)17(22)21-14-7-2-1-4-12(14)16(19)20-21;1-2-11-8(10)7-3-5-9-6-4-7;2-1-4-3;;;;;/h5,7-8,16-17H,2-4,6,9-15H2,1H3;3,5-6,14-15H,1-2,4,7-13H2,(H,29,30);3,5-6,10H,1-2,4,7-9H2;7,9H,2-6H2,1H3;1,3H;;;;1H2;/q;;;;;3*+1;;-1/p-2. The number of carboxylic acids is 1. The van der Waals surface area contributed by atoms with Crippen LogP contribution in [-0.2, 0) is 72.1 Å². The minimum Gasteiger partial charge on any atom is -1.00 e. The first kappa shape index (κ1) is 87.4. The first-order chi connectivity index (χ1) is 48.0. The molecule has 29 heteroatoms. The number of nitrogens with one attached hydrogen (secondary N) is 1. The molecule has 0 unspecified atom stereocenters. The van der Waals surface area contributed by atoms with E-state index in [0.29, 0.717) is 88.7 Å². The Morgan fingerprint density at radius 3 is 1.19 bits per heavy atom. The summed E-state index contributed by atoms with van der Waals surface area (Å²) in [6.07, 6.45) is 23.4. The monoisotopic (exact) mass is 1630 g/mol. The second-order valence-corrected chi connectivity index (χ2v) is 29.2. The van der Waals surface area contributed by atoms with Gasteiger partial charge in [0, 0.05) is 42.9 Å². The minimum atomic E-state index is -0.719. The number of carboxylic acid groups (broad SMARTS) is 1. The summed E-state index contributed by atoms with van der Waals surface area (Å²) < 4.78 is 15.9. The Bertz CT molecular complexity index is 3940. The summed E-state index contributed by atoms with van der Waals surface area (Å²) in [5.41, 5.74) is 11.8. The fraction of sp³-hybridized carbons (Fsp3) is 0.541. The van der Waals surface area contributed by atoms with E-state index in [-0.39, 0.29) is 182 Å². The molecule has 6 aliphatic carbocycles. The Labute approximate surface area is 729 Å². The van der Waals surface area contributed by atoms with Crippen LogP contribution in [0.2, 0.25) is 15.1 Å². The van der Waals surface area contributed by atoms with Crippen LogP contribution in [0.5, 0.6) is 0 Å². The molecule has 3 N–H and O–H groups in total. The number of carbonyl (C=O) groups excluding carboxylic acids is 6. The predicted molar refractivity (Wildman–Crippen MR) is 385 cm³/mol. The fourth-order valence-electron chi connectivity index (χ4n) is 14.8. The summed E-state index contributed by atoms with van der Waals surface area (Å²) >= 11 is 21.7. The minimum absolute atomic E-state index is 0. The number of aromatic nitrogens is 6. The summed E-state index contributed by atoms with van der Waals surface area (Å²) in [4.78, 5) is 90.8. The first-order valence-corrected chi connectivity index (χ1v) is 37.7. The van der Waals surface area contributed by atoms with Gasteiger partial charge in [-0.2, -0.15) is 19.1 Å². The average Bonchev–Trinajstić information content (AvgIpc) is 1.62. The van der Waals surface area contributed by atoms with Gasteiger partial charge >= 0.3 is 140 Å². The quantitative estimate of drug-likeness (QED) is 0.0393. The third-order valence-electron chi connectivity index (χ3n) is 20.4. The number of halogens is 4. The van der Waals surface area contributed by atoms with E-state index in [9.17, 15) is 33.9 Å². The Morgan fingerprint density at radius 1 is 0.534 bits per heavy atom. The van der Waals surface area contributed by atoms with E-state index in [1.165, 1.54) is 17.5 Å². The SMILES string of the molecule is CCOC(=O)C1CCN(c2nn(C(=O)c3c(Cl)cccc3C3CC3)c3c2CCCC3)CC1.CCOC(=O)C1CCNCC1.O=C(O)C1CCN(c2nn(C(=O)c3c(Cl)cccc3C3CC3)c3c2CCCC3)CC1.O=C(c1c(Cl)cccc1C1CC1)n1nc(I)c2c1CCCC2.O=CO[O-].[H-].[K+].[K+].[Li+].[OH-]. The van der Waals surface area contributed by atoms with Crippen LogP contribution in [0.15, 0.2) is 54.6 Å². The molecule has 3 aromatic heterocycles. The van der Waals surface area contributed by atoms with Crippen LogP contribution in [0.25, 0.3) is 0 Å². The van der Waals surface area contributed by atoms with Crippen LogP contribution in [0.1, 0.15) is 230 Å². The number of benzene rings is 3. The van der Waals surface area contributed by atoms with Crippen molar-refractivity contribution in [2.75, 3.05) is 62.3 Å². The van der Waals surface area contributed by atoms with Crippen molar-refractivity contribution >= 4 is 111 Å². The molecule has 0 spiro atoms. The van der Waals surface area contributed by atoms with Crippen LogP contribution in [0.3, 0.4) is 0 Å². The smallest absolute Gasteiger partial charge is 1.00 e. The van der Waals surface area contributed by atoms with Crippen LogP contribution >= 0.6 is 57.4 Å². The van der Waals surface area contributed by atoms with Gasteiger partial charge in [-0.05, 0) is 256 Å². The fourth-order valence-corrected chi connectivity index (χ4v) is 16.4. The second kappa shape index (κ2) is 41.8.